The van der Waals surface area contributed by atoms with Crippen molar-refractivity contribution in [3.63, 3.8) is 0 Å². The number of hydrogen-bond donors (Lipinski definition) is 1. The van der Waals surface area contributed by atoms with Crippen LogP contribution in [-0.2, 0) is 27.7 Å². The van der Waals surface area contributed by atoms with E-state index >= 15 is 0 Å². The minimum atomic E-state index is -3.63. The number of fused-ring (bicyclic) bond motifs is 3. The lowest BCUT2D eigenvalue weighted by molar-refractivity contribution is 0.122. The molecule has 0 radical (unpaired) electrons. The van der Waals surface area contributed by atoms with Crippen LogP contribution in [0.15, 0.2) is 53.8 Å². The van der Waals surface area contributed by atoms with Gasteiger partial charge in [-0.25, -0.2) is 28.4 Å². The van der Waals surface area contributed by atoms with Crippen molar-refractivity contribution in [3.8, 4) is 11.3 Å². The molecule has 1 aromatic carbocycles. The zero-order valence-corrected chi connectivity index (χ0v) is 19.7. The van der Waals surface area contributed by atoms with Gasteiger partial charge in [0.05, 0.1) is 41.7 Å². The summed E-state index contributed by atoms with van der Waals surface area (Å²) in [4.78, 5) is 20.5. The topological polar surface area (TPSA) is 132 Å². The number of rotatable bonds is 4. The molecule has 12 heteroatoms. The van der Waals surface area contributed by atoms with E-state index in [1.54, 1.807) is 42.7 Å². The molecule has 0 saturated carbocycles. The van der Waals surface area contributed by atoms with Gasteiger partial charge >= 0.3 is 0 Å². The van der Waals surface area contributed by atoms with Gasteiger partial charge in [0.15, 0.2) is 11.5 Å². The Morgan fingerprint density at radius 3 is 2.46 bits per heavy atom. The summed E-state index contributed by atoms with van der Waals surface area (Å²) < 4.78 is 35.7. The van der Waals surface area contributed by atoms with Crippen LogP contribution in [0.25, 0.3) is 16.9 Å². The van der Waals surface area contributed by atoms with E-state index in [0.29, 0.717) is 56.2 Å². The van der Waals surface area contributed by atoms with Gasteiger partial charge in [-0.1, -0.05) is 18.2 Å². The maximum absolute atomic E-state index is 13.3. The van der Waals surface area contributed by atoms with Gasteiger partial charge in [-0.05, 0) is 12.1 Å². The lowest BCUT2D eigenvalue weighted by Gasteiger charge is -2.28. The average Bonchev–Trinajstić information content (AvgIpc) is 3.27. The van der Waals surface area contributed by atoms with Crippen molar-refractivity contribution in [2.75, 3.05) is 43.5 Å². The number of morpholine rings is 1. The second-order valence-corrected chi connectivity index (χ2v) is 10.4. The standard InChI is InChI=1S/C23H24N8O3S/c24-23-25-12-16(13-26-23)19-14-31-20-15-30(35(32,33)17-4-2-1-3-5-17)7-6-18(20)27-22(31)21(28-19)29-8-10-34-11-9-29/h1-5,12-14H,6-11,15H2,(H2,24,25,26). The first-order valence-electron chi connectivity index (χ1n) is 11.4. The van der Waals surface area contributed by atoms with Crippen molar-refractivity contribution in [1.82, 2.24) is 28.6 Å². The molecule has 3 aromatic heterocycles. The molecule has 0 bridgehead atoms. The number of benzene rings is 1. The molecule has 4 aromatic rings. The van der Waals surface area contributed by atoms with Crippen LogP contribution in [0.5, 0.6) is 0 Å². The molecule has 2 aliphatic rings. The van der Waals surface area contributed by atoms with E-state index in [1.807, 2.05) is 10.6 Å². The normalized spacial score (nSPS) is 17.0. The SMILES string of the molecule is Nc1ncc(-c2cn3c4c(nc3c(N3CCOCC3)n2)CCN(S(=O)(=O)c2ccccc2)C4)cn1. The molecule has 1 saturated heterocycles. The molecule has 0 aliphatic carbocycles. The molecule has 0 atom stereocenters. The Morgan fingerprint density at radius 1 is 0.971 bits per heavy atom. The van der Waals surface area contributed by atoms with Gasteiger partial charge in [0, 0.05) is 50.2 Å². The van der Waals surface area contributed by atoms with Crippen LogP contribution < -0.4 is 10.6 Å². The van der Waals surface area contributed by atoms with E-state index in [9.17, 15) is 8.42 Å². The van der Waals surface area contributed by atoms with Crippen molar-refractivity contribution in [1.29, 1.82) is 0 Å². The molecule has 6 rings (SSSR count). The predicted molar refractivity (Wildman–Crippen MR) is 129 cm³/mol. The fourth-order valence-corrected chi connectivity index (χ4v) is 5.94. The molecular formula is C23H24N8O3S. The van der Waals surface area contributed by atoms with E-state index in [1.165, 1.54) is 4.31 Å². The van der Waals surface area contributed by atoms with Crippen molar-refractivity contribution in [3.05, 3.63) is 60.3 Å². The smallest absolute Gasteiger partial charge is 0.243 e. The maximum Gasteiger partial charge on any atom is 0.243 e. The molecule has 1 fully saturated rings. The van der Waals surface area contributed by atoms with Crippen LogP contribution in [-0.4, -0.2) is 69.9 Å². The maximum atomic E-state index is 13.3. The minimum absolute atomic E-state index is 0.185. The summed E-state index contributed by atoms with van der Waals surface area (Å²) in [5, 5.41) is 0. The number of ether oxygens (including phenoxy) is 1. The number of nitrogen functional groups attached to an aromatic ring is 1. The largest absolute Gasteiger partial charge is 0.378 e. The minimum Gasteiger partial charge on any atom is -0.378 e. The highest BCUT2D eigenvalue weighted by Crippen LogP contribution is 2.31. The van der Waals surface area contributed by atoms with Crippen molar-refractivity contribution >= 4 is 27.4 Å². The van der Waals surface area contributed by atoms with E-state index < -0.39 is 10.0 Å². The number of hydrogen-bond acceptors (Lipinski definition) is 9. The summed E-state index contributed by atoms with van der Waals surface area (Å²) in [6.07, 6.45) is 5.66. The number of nitrogens with two attached hydrogens (primary N) is 1. The van der Waals surface area contributed by atoms with Gasteiger partial charge in [-0.2, -0.15) is 4.31 Å². The molecule has 180 valence electrons. The summed E-state index contributed by atoms with van der Waals surface area (Å²) >= 11 is 0. The molecule has 2 aliphatic heterocycles. The monoisotopic (exact) mass is 492 g/mol. The van der Waals surface area contributed by atoms with Gasteiger partial charge in [0.2, 0.25) is 16.0 Å². The summed E-state index contributed by atoms with van der Waals surface area (Å²) in [5.74, 6) is 0.916. The fourth-order valence-electron chi connectivity index (χ4n) is 4.51. The predicted octanol–water partition coefficient (Wildman–Crippen LogP) is 1.35. The molecule has 11 nitrogen and oxygen atoms in total. The number of nitrogens with zero attached hydrogens (tertiary/aromatic N) is 7. The summed E-state index contributed by atoms with van der Waals surface area (Å²) in [6.45, 7) is 3.18. The van der Waals surface area contributed by atoms with Crippen LogP contribution in [0.3, 0.4) is 0 Å². The van der Waals surface area contributed by atoms with Gasteiger partial charge < -0.3 is 15.4 Å². The van der Waals surface area contributed by atoms with Crippen LogP contribution in [0.4, 0.5) is 11.8 Å². The molecule has 5 heterocycles. The Labute approximate surface area is 202 Å². The van der Waals surface area contributed by atoms with Gasteiger partial charge in [-0.3, -0.25) is 4.40 Å². The summed E-state index contributed by atoms with van der Waals surface area (Å²) in [6, 6.07) is 8.52. The van der Waals surface area contributed by atoms with E-state index in [-0.39, 0.29) is 17.4 Å². The Hall–Kier alpha value is -3.61. The third kappa shape index (κ3) is 3.89. The van der Waals surface area contributed by atoms with Gasteiger partial charge in [-0.15, -0.1) is 0 Å². The Balaban J connectivity index is 1.48. The second-order valence-electron chi connectivity index (χ2n) is 8.48. The Morgan fingerprint density at radius 2 is 1.71 bits per heavy atom. The zero-order valence-electron chi connectivity index (χ0n) is 18.9. The van der Waals surface area contributed by atoms with Gasteiger partial charge in [0.25, 0.3) is 0 Å². The highest BCUT2D eigenvalue weighted by atomic mass is 32.2. The third-order valence-corrected chi connectivity index (χ3v) is 8.21. The summed E-state index contributed by atoms with van der Waals surface area (Å²) in [7, 11) is -3.63. The number of imidazole rings is 1. The molecule has 0 unspecified atom stereocenters. The van der Waals surface area contributed by atoms with Crippen LogP contribution in [0.1, 0.15) is 11.4 Å². The lowest BCUT2D eigenvalue weighted by Crippen LogP contribution is -2.37. The molecule has 0 spiro atoms. The van der Waals surface area contributed by atoms with E-state index in [0.717, 1.165) is 17.2 Å². The fraction of sp³-hybridized carbons (Fsp3) is 0.304. The highest BCUT2D eigenvalue weighted by Gasteiger charge is 2.32. The first-order valence-corrected chi connectivity index (χ1v) is 12.8. The van der Waals surface area contributed by atoms with Crippen molar-refractivity contribution < 1.29 is 13.2 Å². The van der Waals surface area contributed by atoms with Gasteiger partial charge in [0.1, 0.15) is 0 Å². The lowest BCUT2D eigenvalue weighted by atomic mass is 10.2. The van der Waals surface area contributed by atoms with E-state index in [2.05, 4.69) is 14.9 Å². The Kier molecular flexibility index (Phi) is 5.35. The number of anilines is 2. The van der Waals surface area contributed by atoms with Crippen LogP contribution >= 0.6 is 0 Å². The third-order valence-electron chi connectivity index (χ3n) is 6.35. The Bertz CT molecular complexity index is 1480. The van der Waals surface area contributed by atoms with Crippen LogP contribution in [0.2, 0.25) is 0 Å². The quantitative estimate of drug-likeness (QED) is 0.448. The zero-order chi connectivity index (χ0) is 24.0. The molecule has 0 amide bonds. The number of aromatic nitrogens is 5. The summed E-state index contributed by atoms with van der Waals surface area (Å²) in [5.41, 5.74) is 9.46. The number of sulfonamides is 1. The molecule has 35 heavy (non-hydrogen) atoms. The van der Waals surface area contributed by atoms with Crippen LogP contribution in [0, 0.1) is 0 Å². The highest BCUT2D eigenvalue weighted by molar-refractivity contribution is 7.89. The first kappa shape index (κ1) is 21.9. The van der Waals surface area contributed by atoms with Crippen molar-refractivity contribution in [2.45, 2.75) is 17.9 Å². The average molecular weight is 493 g/mol. The van der Waals surface area contributed by atoms with E-state index in [4.69, 9.17) is 20.4 Å². The molecule has 2 N–H and O–H groups in total. The second kappa shape index (κ2) is 8.56. The van der Waals surface area contributed by atoms with Crippen molar-refractivity contribution in [2.24, 2.45) is 0 Å². The molecular weight excluding hydrogens is 468 g/mol. The first-order chi connectivity index (χ1) is 17.0.